The third-order valence-electron chi connectivity index (χ3n) is 2.65. The zero-order valence-corrected chi connectivity index (χ0v) is 11.5. The molecule has 1 N–H and O–H groups in total. The van der Waals surface area contributed by atoms with Crippen LogP contribution in [0.1, 0.15) is 41.2 Å². The first-order chi connectivity index (χ1) is 9.69. The Morgan fingerprint density at radius 3 is 1.85 bits per heavy atom. The summed E-state index contributed by atoms with van der Waals surface area (Å²) in [6, 6.07) is 0. The number of esters is 2. The quantitative estimate of drug-likeness (QED) is 0.843. The third kappa shape index (κ3) is 2.71. The van der Waals surface area contributed by atoms with Crippen LogP contribution in [0.2, 0.25) is 0 Å². The Labute approximate surface area is 116 Å². The molecule has 20 heavy (non-hydrogen) atoms. The lowest BCUT2D eigenvalue weighted by atomic mass is 10.3. The van der Waals surface area contributed by atoms with Crippen LogP contribution in [-0.2, 0) is 9.47 Å². The largest absolute Gasteiger partial charge is 0.487 e. The van der Waals surface area contributed by atoms with Gasteiger partial charge in [-0.25, -0.2) is 9.59 Å². The van der Waals surface area contributed by atoms with Gasteiger partial charge < -0.3 is 23.9 Å². The van der Waals surface area contributed by atoms with Crippen LogP contribution in [0.5, 0.6) is 11.5 Å². The summed E-state index contributed by atoms with van der Waals surface area (Å²) in [5.74, 6) is -0.761. The molecule has 1 aliphatic heterocycles. The summed E-state index contributed by atoms with van der Waals surface area (Å²) in [6.07, 6.45) is 0.666. The third-order valence-corrected chi connectivity index (χ3v) is 2.65. The van der Waals surface area contributed by atoms with E-state index in [2.05, 4.69) is 4.98 Å². The van der Waals surface area contributed by atoms with Crippen molar-refractivity contribution in [1.82, 2.24) is 4.98 Å². The van der Waals surface area contributed by atoms with Crippen molar-refractivity contribution < 1.29 is 28.5 Å². The van der Waals surface area contributed by atoms with E-state index in [0.29, 0.717) is 19.6 Å². The predicted octanol–water partition coefficient (Wildman–Crippen LogP) is 1.53. The maximum atomic E-state index is 11.9. The van der Waals surface area contributed by atoms with Crippen LogP contribution in [0.25, 0.3) is 0 Å². The normalized spacial score (nSPS) is 13.5. The van der Waals surface area contributed by atoms with E-state index in [-0.39, 0.29) is 36.1 Å². The van der Waals surface area contributed by atoms with Gasteiger partial charge in [0.2, 0.25) is 0 Å². The Balaban J connectivity index is 2.42. The molecule has 0 saturated carbocycles. The lowest BCUT2D eigenvalue weighted by Crippen LogP contribution is -2.10. The molecular formula is C13H17NO6. The van der Waals surface area contributed by atoms with Crippen molar-refractivity contribution in [3.05, 3.63) is 11.4 Å². The van der Waals surface area contributed by atoms with Crippen LogP contribution in [-0.4, -0.2) is 43.4 Å². The Morgan fingerprint density at radius 1 is 1.00 bits per heavy atom. The topological polar surface area (TPSA) is 86.9 Å². The minimum atomic E-state index is -0.593. The molecule has 0 amide bonds. The fourth-order valence-corrected chi connectivity index (χ4v) is 1.84. The Hall–Kier alpha value is -2.18. The lowest BCUT2D eigenvalue weighted by molar-refractivity contribution is 0.0512. The zero-order valence-electron chi connectivity index (χ0n) is 11.5. The molecule has 0 bridgehead atoms. The Bertz CT molecular complexity index is 465. The van der Waals surface area contributed by atoms with E-state index in [1.165, 1.54) is 0 Å². The number of aromatic nitrogens is 1. The monoisotopic (exact) mass is 283 g/mol. The van der Waals surface area contributed by atoms with Crippen LogP contribution in [0.15, 0.2) is 0 Å². The highest BCUT2D eigenvalue weighted by Gasteiger charge is 2.31. The summed E-state index contributed by atoms with van der Waals surface area (Å²) in [5, 5.41) is 0. The van der Waals surface area contributed by atoms with Crippen LogP contribution in [0, 0.1) is 0 Å². The molecule has 7 heteroatoms. The SMILES string of the molecule is CCOC(=O)c1[nH]c(C(=O)OCC)c2c1OCCCO2. The van der Waals surface area contributed by atoms with Gasteiger partial charge in [-0.05, 0) is 13.8 Å². The number of carbonyl (C=O) groups is 2. The average molecular weight is 283 g/mol. The second-order valence-corrected chi connectivity index (χ2v) is 4.02. The maximum absolute atomic E-state index is 11.9. The molecular weight excluding hydrogens is 266 g/mol. The van der Waals surface area contributed by atoms with Crippen LogP contribution in [0.4, 0.5) is 0 Å². The molecule has 1 aliphatic rings. The molecule has 110 valence electrons. The van der Waals surface area contributed by atoms with Crippen molar-refractivity contribution >= 4 is 11.9 Å². The molecule has 2 heterocycles. The van der Waals surface area contributed by atoms with Crippen LogP contribution in [0.3, 0.4) is 0 Å². The number of nitrogens with one attached hydrogen (secondary N) is 1. The first-order valence-electron chi connectivity index (χ1n) is 6.54. The second kappa shape index (κ2) is 6.31. The van der Waals surface area contributed by atoms with Crippen molar-refractivity contribution in [2.75, 3.05) is 26.4 Å². The van der Waals surface area contributed by atoms with Gasteiger partial charge >= 0.3 is 11.9 Å². The van der Waals surface area contributed by atoms with Crippen LogP contribution < -0.4 is 9.47 Å². The fourth-order valence-electron chi connectivity index (χ4n) is 1.84. The Morgan fingerprint density at radius 2 is 1.45 bits per heavy atom. The first kappa shape index (κ1) is 14.2. The first-order valence-corrected chi connectivity index (χ1v) is 6.54. The molecule has 0 saturated heterocycles. The lowest BCUT2D eigenvalue weighted by Gasteiger charge is -2.05. The van der Waals surface area contributed by atoms with Crippen molar-refractivity contribution in [1.29, 1.82) is 0 Å². The van der Waals surface area contributed by atoms with Gasteiger partial charge in [-0.1, -0.05) is 0 Å². The molecule has 0 aromatic carbocycles. The number of ether oxygens (including phenoxy) is 4. The predicted molar refractivity (Wildman–Crippen MR) is 68.3 cm³/mol. The Kier molecular flexibility index (Phi) is 4.49. The summed E-state index contributed by atoms with van der Waals surface area (Å²) in [7, 11) is 0. The molecule has 1 aromatic heterocycles. The highest BCUT2D eigenvalue weighted by Crippen LogP contribution is 2.38. The summed E-state index contributed by atoms with van der Waals surface area (Å²) in [4.78, 5) is 26.5. The van der Waals surface area contributed by atoms with E-state index >= 15 is 0 Å². The molecule has 0 spiro atoms. The molecule has 7 nitrogen and oxygen atoms in total. The van der Waals surface area contributed by atoms with E-state index in [4.69, 9.17) is 18.9 Å². The zero-order chi connectivity index (χ0) is 14.5. The minimum absolute atomic E-state index is 0.0757. The number of carbonyl (C=O) groups excluding carboxylic acids is 2. The average Bonchev–Trinajstić information content (AvgIpc) is 2.62. The van der Waals surface area contributed by atoms with Crippen molar-refractivity contribution in [2.24, 2.45) is 0 Å². The minimum Gasteiger partial charge on any atom is -0.487 e. The van der Waals surface area contributed by atoms with Gasteiger partial charge in [0.25, 0.3) is 0 Å². The fraction of sp³-hybridized carbons (Fsp3) is 0.538. The summed E-state index contributed by atoms with van der Waals surface area (Å²) in [5.41, 5.74) is 0.151. The summed E-state index contributed by atoms with van der Waals surface area (Å²) < 4.78 is 20.8. The van der Waals surface area contributed by atoms with Crippen molar-refractivity contribution in [3.8, 4) is 11.5 Å². The summed E-state index contributed by atoms with van der Waals surface area (Å²) >= 11 is 0. The van der Waals surface area contributed by atoms with E-state index in [0.717, 1.165) is 0 Å². The molecule has 0 aliphatic carbocycles. The van der Waals surface area contributed by atoms with Crippen molar-refractivity contribution in [3.63, 3.8) is 0 Å². The molecule has 1 aromatic rings. The standard InChI is InChI=1S/C13H17NO6/c1-3-17-12(15)8-10-11(20-7-5-6-19-10)9(14-8)13(16)18-4-2/h14H,3-7H2,1-2H3. The van der Waals surface area contributed by atoms with Gasteiger partial charge in [-0.15, -0.1) is 0 Å². The number of rotatable bonds is 4. The van der Waals surface area contributed by atoms with E-state index in [1.807, 2.05) is 0 Å². The smallest absolute Gasteiger partial charge is 0.358 e. The van der Waals surface area contributed by atoms with E-state index in [1.54, 1.807) is 13.8 Å². The van der Waals surface area contributed by atoms with E-state index < -0.39 is 11.9 Å². The van der Waals surface area contributed by atoms with E-state index in [9.17, 15) is 9.59 Å². The molecule has 2 rings (SSSR count). The number of hydrogen-bond acceptors (Lipinski definition) is 6. The number of fused-ring (bicyclic) bond motifs is 1. The highest BCUT2D eigenvalue weighted by atomic mass is 16.6. The number of aromatic amines is 1. The molecule has 0 radical (unpaired) electrons. The van der Waals surface area contributed by atoms with Gasteiger partial charge in [-0.3, -0.25) is 0 Å². The van der Waals surface area contributed by atoms with Gasteiger partial charge in [-0.2, -0.15) is 0 Å². The van der Waals surface area contributed by atoms with Gasteiger partial charge in [0.05, 0.1) is 26.4 Å². The second-order valence-electron chi connectivity index (χ2n) is 4.02. The van der Waals surface area contributed by atoms with Crippen molar-refractivity contribution in [2.45, 2.75) is 20.3 Å². The van der Waals surface area contributed by atoms with Crippen LogP contribution >= 0.6 is 0 Å². The molecule has 0 fully saturated rings. The maximum Gasteiger partial charge on any atom is 0.358 e. The molecule has 0 atom stereocenters. The van der Waals surface area contributed by atoms with Gasteiger partial charge in [0.15, 0.2) is 22.9 Å². The number of H-pyrrole nitrogens is 1. The molecule has 0 unspecified atom stereocenters. The van der Waals surface area contributed by atoms with Gasteiger partial charge in [0, 0.05) is 6.42 Å². The number of hydrogen-bond donors (Lipinski definition) is 1. The highest BCUT2D eigenvalue weighted by molar-refractivity contribution is 5.99. The summed E-state index contributed by atoms with van der Waals surface area (Å²) in [6.45, 7) is 4.65. The van der Waals surface area contributed by atoms with Gasteiger partial charge in [0.1, 0.15) is 0 Å².